The fourth-order valence-electron chi connectivity index (χ4n) is 2.17. The van der Waals surface area contributed by atoms with Crippen molar-refractivity contribution in [1.29, 1.82) is 0 Å². The molecule has 112 valence electrons. The van der Waals surface area contributed by atoms with Gasteiger partial charge < -0.3 is 10.4 Å². The zero-order chi connectivity index (χ0) is 14.4. The average Bonchev–Trinajstić information content (AvgIpc) is 2.46. The zero-order valence-electron chi connectivity index (χ0n) is 11.4. The minimum absolute atomic E-state index is 0.136. The third kappa shape index (κ3) is 4.17. The van der Waals surface area contributed by atoms with Gasteiger partial charge in [-0.3, -0.25) is 4.72 Å². The van der Waals surface area contributed by atoms with Crippen LogP contribution in [-0.4, -0.2) is 50.6 Å². The molecule has 20 heavy (non-hydrogen) atoms. The molecule has 0 bridgehead atoms. The summed E-state index contributed by atoms with van der Waals surface area (Å²) in [6.07, 6.45) is 1.41. The Labute approximate surface area is 120 Å². The van der Waals surface area contributed by atoms with Gasteiger partial charge in [0.1, 0.15) is 0 Å². The first-order valence-electron chi connectivity index (χ1n) is 6.80. The summed E-state index contributed by atoms with van der Waals surface area (Å²) >= 11 is 0. The van der Waals surface area contributed by atoms with Crippen LogP contribution in [0.1, 0.15) is 12.0 Å². The summed E-state index contributed by atoms with van der Waals surface area (Å²) < 4.78 is 28.5. The van der Waals surface area contributed by atoms with E-state index in [0.717, 1.165) is 12.0 Å². The smallest absolute Gasteiger partial charge is 0.301 e. The average molecular weight is 299 g/mol. The lowest BCUT2D eigenvalue weighted by Crippen LogP contribution is -2.48. The Morgan fingerprint density at radius 2 is 2.05 bits per heavy atom. The topological polar surface area (TPSA) is 81.7 Å². The molecule has 1 aromatic rings. The van der Waals surface area contributed by atoms with Gasteiger partial charge in [-0.25, -0.2) is 0 Å². The number of piperazine rings is 1. The molecule has 0 aromatic heterocycles. The monoisotopic (exact) mass is 299 g/mol. The fraction of sp³-hybridized carbons (Fsp3) is 0.538. The second-order valence-corrected chi connectivity index (χ2v) is 6.45. The fourth-order valence-corrected chi connectivity index (χ4v) is 3.39. The standard InChI is InChI=1S/C13H21N3O3S/c17-10-2-4-12-3-1-5-13(11-12)15-20(18,19)16-8-6-14-7-9-16/h1,3,5,11,14-15,17H,2,4,6-10H2. The summed E-state index contributed by atoms with van der Waals surface area (Å²) in [5.41, 5.74) is 1.58. The Hall–Kier alpha value is -1.15. The highest BCUT2D eigenvalue weighted by Crippen LogP contribution is 2.15. The second kappa shape index (κ2) is 7.03. The van der Waals surface area contributed by atoms with Gasteiger partial charge in [0.2, 0.25) is 0 Å². The highest BCUT2D eigenvalue weighted by Gasteiger charge is 2.23. The van der Waals surface area contributed by atoms with Crippen molar-refractivity contribution in [2.45, 2.75) is 12.8 Å². The molecule has 0 saturated carbocycles. The van der Waals surface area contributed by atoms with Crippen molar-refractivity contribution in [2.24, 2.45) is 0 Å². The van der Waals surface area contributed by atoms with Crippen molar-refractivity contribution >= 4 is 15.9 Å². The van der Waals surface area contributed by atoms with E-state index in [-0.39, 0.29) is 6.61 Å². The molecule has 1 heterocycles. The van der Waals surface area contributed by atoms with Gasteiger partial charge >= 0.3 is 10.2 Å². The normalized spacial score (nSPS) is 17.1. The first-order valence-corrected chi connectivity index (χ1v) is 8.24. The van der Waals surface area contributed by atoms with Gasteiger partial charge in [-0.1, -0.05) is 12.1 Å². The summed E-state index contributed by atoms with van der Waals surface area (Å²) in [5.74, 6) is 0. The molecule has 0 amide bonds. The van der Waals surface area contributed by atoms with Crippen LogP contribution in [0.4, 0.5) is 5.69 Å². The number of aliphatic hydroxyl groups excluding tert-OH is 1. The van der Waals surface area contributed by atoms with Crippen molar-refractivity contribution in [2.75, 3.05) is 37.5 Å². The van der Waals surface area contributed by atoms with Gasteiger partial charge in [0.05, 0.1) is 5.69 Å². The van der Waals surface area contributed by atoms with Crippen LogP contribution in [0.3, 0.4) is 0 Å². The van der Waals surface area contributed by atoms with Crippen LogP contribution in [0, 0.1) is 0 Å². The quantitative estimate of drug-likeness (QED) is 0.699. The molecule has 3 N–H and O–H groups in total. The maximum absolute atomic E-state index is 12.2. The van der Waals surface area contributed by atoms with E-state index in [4.69, 9.17) is 5.11 Å². The van der Waals surface area contributed by atoms with Gasteiger partial charge in [0, 0.05) is 32.8 Å². The Kier molecular flexibility index (Phi) is 5.36. The number of rotatable bonds is 6. The van der Waals surface area contributed by atoms with E-state index in [9.17, 15) is 8.42 Å². The molecule has 7 heteroatoms. The van der Waals surface area contributed by atoms with Crippen LogP contribution in [0.5, 0.6) is 0 Å². The number of aliphatic hydroxyl groups is 1. The van der Waals surface area contributed by atoms with Crippen molar-refractivity contribution in [3.63, 3.8) is 0 Å². The van der Waals surface area contributed by atoms with E-state index in [0.29, 0.717) is 38.3 Å². The predicted molar refractivity (Wildman–Crippen MR) is 78.8 cm³/mol. The Morgan fingerprint density at radius 1 is 1.30 bits per heavy atom. The van der Waals surface area contributed by atoms with Crippen LogP contribution in [0.2, 0.25) is 0 Å². The number of hydrogen-bond donors (Lipinski definition) is 3. The molecule has 1 aliphatic heterocycles. The second-order valence-electron chi connectivity index (χ2n) is 4.78. The Morgan fingerprint density at radius 3 is 2.75 bits per heavy atom. The summed E-state index contributed by atoms with van der Waals surface area (Å²) in [6, 6.07) is 7.30. The highest BCUT2D eigenvalue weighted by atomic mass is 32.2. The number of nitrogens with zero attached hydrogens (tertiary/aromatic N) is 1. The van der Waals surface area contributed by atoms with Crippen LogP contribution in [0.25, 0.3) is 0 Å². The molecule has 0 aliphatic carbocycles. The number of nitrogens with one attached hydrogen (secondary N) is 2. The van der Waals surface area contributed by atoms with Crippen molar-refractivity contribution in [1.82, 2.24) is 9.62 Å². The van der Waals surface area contributed by atoms with E-state index in [1.807, 2.05) is 18.2 Å². The molecular formula is C13H21N3O3S. The molecule has 2 rings (SSSR count). The Balaban J connectivity index is 2.04. The van der Waals surface area contributed by atoms with Gasteiger partial charge in [-0.15, -0.1) is 0 Å². The van der Waals surface area contributed by atoms with Gasteiger partial charge in [0.15, 0.2) is 0 Å². The van der Waals surface area contributed by atoms with E-state index >= 15 is 0 Å². The van der Waals surface area contributed by atoms with Crippen LogP contribution in [-0.2, 0) is 16.6 Å². The molecule has 0 radical (unpaired) electrons. The summed E-state index contributed by atoms with van der Waals surface area (Å²) in [7, 11) is -3.48. The molecule has 1 aliphatic rings. The van der Waals surface area contributed by atoms with Gasteiger partial charge in [0.25, 0.3) is 0 Å². The number of aryl methyl sites for hydroxylation is 1. The van der Waals surface area contributed by atoms with E-state index in [1.54, 1.807) is 6.07 Å². The number of benzene rings is 1. The molecule has 1 fully saturated rings. The van der Waals surface area contributed by atoms with E-state index in [2.05, 4.69) is 10.0 Å². The third-order valence-corrected chi connectivity index (χ3v) is 4.75. The molecule has 1 aromatic carbocycles. The number of hydrogen-bond acceptors (Lipinski definition) is 4. The van der Waals surface area contributed by atoms with E-state index < -0.39 is 10.2 Å². The lowest BCUT2D eigenvalue weighted by atomic mass is 10.1. The first kappa shape index (κ1) is 15.2. The van der Waals surface area contributed by atoms with Crippen molar-refractivity contribution in [3.8, 4) is 0 Å². The van der Waals surface area contributed by atoms with E-state index in [1.165, 1.54) is 4.31 Å². The predicted octanol–water partition coefficient (Wildman–Crippen LogP) is 0.173. The summed E-state index contributed by atoms with van der Waals surface area (Å²) in [4.78, 5) is 0. The van der Waals surface area contributed by atoms with Crippen molar-refractivity contribution in [3.05, 3.63) is 29.8 Å². The largest absolute Gasteiger partial charge is 0.396 e. The van der Waals surface area contributed by atoms with Crippen LogP contribution in [0.15, 0.2) is 24.3 Å². The lowest BCUT2D eigenvalue weighted by Gasteiger charge is -2.26. The molecule has 0 spiro atoms. The van der Waals surface area contributed by atoms with Crippen LogP contribution < -0.4 is 10.0 Å². The maximum Gasteiger partial charge on any atom is 0.301 e. The first-order chi connectivity index (χ1) is 9.62. The zero-order valence-corrected chi connectivity index (χ0v) is 12.2. The highest BCUT2D eigenvalue weighted by molar-refractivity contribution is 7.90. The Bertz CT molecular complexity index is 527. The summed E-state index contributed by atoms with van der Waals surface area (Å²) in [6.45, 7) is 2.46. The van der Waals surface area contributed by atoms with Crippen LogP contribution >= 0.6 is 0 Å². The molecular weight excluding hydrogens is 278 g/mol. The maximum atomic E-state index is 12.2. The SMILES string of the molecule is O=S(=O)(Nc1cccc(CCCO)c1)N1CCNCC1. The summed E-state index contributed by atoms with van der Waals surface area (Å²) in [5, 5.41) is 12.0. The number of anilines is 1. The molecule has 0 atom stereocenters. The third-order valence-electron chi connectivity index (χ3n) is 3.21. The molecule has 1 saturated heterocycles. The minimum Gasteiger partial charge on any atom is -0.396 e. The van der Waals surface area contributed by atoms with Gasteiger partial charge in [-0.2, -0.15) is 12.7 Å². The van der Waals surface area contributed by atoms with Gasteiger partial charge in [-0.05, 0) is 30.5 Å². The minimum atomic E-state index is -3.48. The molecule has 0 unspecified atom stereocenters. The van der Waals surface area contributed by atoms with Crippen molar-refractivity contribution < 1.29 is 13.5 Å². The molecule has 6 nitrogen and oxygen atoms in total. The lowest BCUT2D eigenvalue weighted by molar-refractivity contribution is 0.288.